The Hall–Kier alpha value is -1.25. The SMILES string of the molecule is CCS(=O)(=O)N1CC(CNC(=O)N2CCC(CSc3ccccc3)C2)C1. The van der Waals surface area contributed by atoms with Gasteiger partial charge in [0, 0.05) is 49.3 Å². The number of nitrogens with one attached hydrogen (secondary N) is 1. The van der Waals surface area contributed by atoms with Crippen molar-refractivity contribution in [3.63, 3.8) is 0 Å². The van der Waals surface area contributed by atoms with Gasteiger partial charge >= 0.3 is 6.03 Å². The summed E-state index contributed by atoms with van der Waals surface area (Å²) in [5.41, 5.74) is 0. The fraction of sp³-hybridized carbons (Fsp3) is 0.611. The molecule has 8 heteroatoms. The summed E-state index contributed by atoms with van der Waals surface area (Å²) in [6.07, 6.45) is 1.04. The highest BCUT2D eigenvalue weighted by Gasteiger charge is 2.35. The minimum absolute atomic E-state index is 0.0194. The Labute approximate surface area is 160 Å². The average molecular weight is 398 g/mol. The Morgan fingerprint density at radius 2 is 1.92 bits per heavy atom. The van der Waals surface area contributed by atoms with Crippen LogP contribution in [0.3, 0.4) is 0 Å². The van der Waals surface area contributed by atoms with E-state index in [1.54, 1.807) is 6.92 Å². The molecule has 0 radical (unpaired) electrons. The number of hydrogen-bond donors (Lipinski definition) is 1. The van der Waals surface area contributed by atoms with Gasteiger partial charge in [-0.2, -0.15) is 0 Å². The first-order valence-electron chi connectivity index (χ1n) is 9.16. The van der Waals surface area contributed by atoms with Crippen molar-refractivity contribution < 1.29 is 13.2 Å². The number of rotatable bonds is 7. The second kappa shape index (κ2) is 8.63. The summed E-state index contributed by atoms with van der Waals surface area (Å²) in [6.45, 7) is 4.85. The molecular weight excluding hydrogens is 370 g/mol. The number of thioether (sulfide) groups is 1. The molecular formula is C18H27N3O3S2. The molecule has 144 valence electrons. The number of sulfonamides is 1. The summed E-state index contributed by atoms with van der Waals surface area (Å²) in [5, 5.41) is 2.97. The zero-order valence-corrected chi connectivity index (χ0v) is 16.8. The van der Waals surface area contributed by atoms with Crippen molar-refractivity contribution in [2.45, 2.75) is 18.2 Å². The lowest BCUT2D eigenvalue weighted by Crippen LogP contribution is -2.54. The molecule has 0 aliphatic carbocycles. The fourth-order valence-corrected chi connectivity index (χ4v) is 5.58. The normalized spacial score (nSPS) is 21.6. The van der Waals surface area contributed by atoms with Gasteiger partial charge in [0.2, 0.25) is 10.0 Å². The third kappa shape index (κ3) is 4.92. The Balaban J connectivity index is 1.34. The van der Waals surface area contributed by atoms with Crippen LogP contribution in [0.1, 0.15) is 13.3 Å². The van der Waals surface area contributed by atoms with Crippen molar-refractivity contribution in [2.75, 3.05) is 44.2 Å². The quantitative estimate of drug-likeness (QED) is 0.716. The number of likely N-dealkylation sites (tertiary alicyclic amines) is 1. The molecule has 1 unspecified atom stereocenters. The Bertz CT molecular complexity index is 706. The van der Waals surface area contributed by atoms with E-state index >= 15 is 0 Å². The summed E-state index contributed by atoms with van der Waals surface area (Å²) in [6, 6.07) is 10.3. The molecule has 26 heavy (non-hydrogen) atoms. The topological polar surface area (TPSA) is 69.7 Å². The largest absolute Gasteiger partial charge is 0.338 e. The van der Waals surface area contributed by atoms with Crippen LogP contribution in [0.15, 0.2) is 35.2 Å². The molecule has 2 heterocycles. The molecule has 0 bridgehead atoms. The molecule has 1 atom stereocenters. The number of nitrogens with zero attached hydrogens (tertiary/aromatic N) is 2. The number of benzene rings is 1. The van der Waals surface area contributed by atoms with Gasteiger partial charge in [0.25, 0.3) is 0 Å². The summed E-state index contributed by atoms with van der Waals surface area (Å²) in [5.74, 6) is 1.93. The lowest BCUT2D eigenvalue weighted by molar-refractivity contribution is 0.180. The molecule has 2 amide bonds. The highest BCUT2D eigenvalue weighted by atomic mass is 32.2. The molecule has 2 fully saturated rings. The van der Waals surface area contributed by atoms with Gasteiger partial charge in [0.1, 0.15) is 0 Å². The van der Waals surface area contributed by atoms with Gasteiger partial charge in [-0.25, -0.2) is 17.5 Å². The first-order chi connectivity index (χ1) is 12.5. The third-order valence-electron chi connectivity index (χ3n) is 5.03. The molecule has 0 spiro atoms. The van der Waals surface area contributed by atoms with Crippen LogP contribution >= 0.6 is 11.8 Å². The molecule has 2 aliphatic rings. The predicted molar refractivity (Wildman–Crippen MR) is 105 cm³/mol. The highest BCUT2D eigenvalue weighted by Crippen LogP contribution is 2.26. The van der Waals surface area contributed by atoms with Crippen LogP contribution in [-0.2, 0) is 10.0 Å². The maximum atomic E-state index is 12.3. The van der Waals surface area contributed by atoms with Gasteiger partial charge in [0.15, 0.2) is 0 Å². The van der Waals surface area contributed by atoms with Crippen molar-refractivity contribution in [3.8, 4) is 0 Å². The maximum Gasteiger partial charge on any atom is 0.317 e. The predicted octanol–water partition coefficient (Wildman–Crippen LogP) is 2.09. The molecule has 0 aromatic heterocycles. The average Bonchev–Trinajstić information content (AvgIpc) is 3.08. The molecule has 2 aliphatic heterocycles. The number of carbonyl (C=O) groups excluding carboxylic acids is 1. The first-order valence-corrected chi connectivity index (χ1v) is 11.8. The fourth-order valence-electron chi connectivity index (χ4n) is 3.29. The zero-order valence-electron chi connectivity index (χ0n) is 15.1. The molecule has 2 saturated heterocycles. The van der Waals surface area contributed by atoms with E-state index in [0.29, 0.717) is 25.6 Å². The van der Waals surface area contributed by atoms with Crippen molar-refractivity contribution in [3.05, 3.63) is 30.3 Å². The molecule has 6 nitrogen and oxygen atoms in total. The monoisotopic (exact) mass is 397 g/mol. The highest BCUT2D eigenvalue weighted by molar-refractivity contribution is 7.99. The summed E-state index contributed by atoms with van der Waals surface area (Å²) in [4.78, 5) is 15.5. The van der Waals surface area contributed by atoms with E-state index in [0.717, 1.165) is 25.3 Å². The van der Waals surface area contributed by atoms with Gasteiger partial charge in [-0.3, -0.25) is 0 Å². The first kappa shape index (κ1) is 19.5. The summed E-state index contributed by atoms with van der Waals surface area (Å²) < 4.78 is 24.9. The van der Waals surface area contributed by atoms with Gasteiger partial charge in [-0.15, -0.1) is 11.8 Å². The van der Waals surface area contributed by atoms with E-state index in [4.69, 9.17) is 0 Å². The second-order valence-electron chi connectivity index (χ2n) is 6.99. The number of hydrogen-bond acceptors (Lipinski definition) is 4. The molecule has 3 rings (SSSR count). The summed E-state index contributed by atoms with van der Waals surface area (Å²) >= 11 is 1.85. The zero-order chi connectivity index (χ0) is 18.6. The van der Waals surface area contributed by atoms with Gasteiger partial charge in [0.05, 0.1) is 5.75 Å². The van der Waals surface area contributed by atoms with Crippen LogP contribution in [0.5, 0.6) is 0 Å². The van der Waals surface area contributed by atoms with Crippen molar-refractivity contribution >= 4 is 27.8 Å². The Morgan fingerprint density at radius 1 is 1.19 bits per heavy atom. The van der Waals surface area contributed by atoms with Crippen LogP contribution in [-0.4, -0.2) is 67.9 Å². The maximum absolute atomic E-state index is 12.3. The lowest BCUT2D eigenvalue weighted by atomic mass is 10.0. The van der Waals surface area contributed by atoms with Gasteiger partial charge in [-0.1, -0.05) is 18.2 Å². The molecule has 1 aromatic rings. The van der Waals surface area contributed by atoms with Crippen LogP contribution in [0.25, 0.3) is 0 Å². The lowest BCUT2D eigenvalue weighted by Gasteiger charge is -2.38. The van der Waals surface area contributed by atoms with Crippen molar-refractivity contribution in [1.82, 2.24) is 14.5 Å². The van der Waals surface area contributed by atoms with E-state index in [2.05, 4.69) is 17.4 Å². The smallest absolute Gasteiger partial charge is 0.317 e. The van der Waals surface area contributed by atoms with Gasteiger partial charge < -0.3 is 10.2 Å². The molecule has 1 aromatic carbocycles. The van der Waals surface area contributed by atoms with Crippen molar-refractivity contribution in [2.24, 2.45) is 11.8 Å². The minimum atomic E-state index is -3.08. The van der Waals surface area contributed by atoms with E-state index in [1.165, 1.54) is 9.20 Å². The number of urea groups is 1. The Kier molecular flexibility index (Phi) is 6.47. The second-order valence-corrected chi connectivity index (χ2v) is 10.3. The van der Waals surface area contributed by atoms with E-state index < -0.39 is 10.0 Å². The van der Waals surface area contributed by atoms with E-state index in [9.17, 15) is 13.2 Å². The van der Waals surface area contributed by atoms with Crippen molar-refractivity contribution in [1.29, 1.82) is 0 Å². The van der Waals surface area contributed by atoms with Crippen LogP contribution in [0, 0.1) is 11.8 Å². The third-order valence-corrected chi connectivity index (χ3v) is 8.08. The number of carbonyl (C=O) groups is 1. The van der Waals surface area contributed by atoms with Crippen LogP contribution < -0.4 is 5.32 Å². The molecule has 1 N–H and O–H groups in total. The van der Waals surface area contributed by atoms with E-state index in [-0.39, 0.29) is 17.7 Å². The van der Waals surface area contributed by atoms with E-state index in [1.807, 2.05) is 34.9 Å². The van der Waals surface area contributed by atoms with Crippen LogP contribution in [0.2, 0.25) is 0 Å². The Morgan fingerprint density at radius 3 is 2.62 bits per heavy atom. The standard InChI is InChI=1S/C18H27N3O3S2/c1-2-26(23,24)21-12-16(13-21)10-19-18(22)20-9-8-15(11-20)14-25-17-6-4-3-5-7-17/h3-7,15-16H,2,8-14H2,1H3,(H,19,22). The number of amides is 2. The van der Waals surface area contributed by atoms with Gasteiger partial charge in [-0.05, 0) is 31.4 Å². The van der Waals surface area contributed by atoms with Crippen LogP contribution in [0.4, 0.5) is 4.79 Å². The summed E-state index contributed by atoms with van der Waals surface area (Å²) in [7, 11) is -3.08. The molecule has 0 saturated carbocycles. The minimum Gasteiger partial charge on any atom is -0.338 e.